The second kappa shape index (κ2) is 7.44. The molecule has 9 heteroatoms. The molecule has 0 atom stereocenters. The molecule has 1 rings (SSSR count). The first-order valence-electron chi connectivity index (χ1n) is 6.47. The van der Waals surface area contributed by atoms with Gasteiger partial charge < -0.3 is 10.6 Å². The van der Waals surface area contributed by atoms with Crippen molar-refractivity contribution >= 4 is 33.3 Å². The fourth-order valence-electron chi connectivity index (χ4n) is 1.67. The van der Waals surface area contributed by atoms with Crippen LogP contribution in [0.4, 0.5) is 13.2 Å². The average Bonchev–Trinajstić information content (AvgIpc) is 2.61. The smallest absolute Gasteiger partial charge is 0.363 e. The predicted octanol–water partition coefficient (Wildman–Crippen LogP) is 3.24. The van der Waals surface area contributed by atoms with Crippen molar-refractivity contribution in [3.05, 3.63) is 15.9 Å². The lowest BCUT2D eigenvalue weighted by Gasteiger charge is -2.13. The standard InChI is InChI=1S/C12H18BrF3N4S/c1-7(2)18-11(21)17-5-4-6-20-8(3)9(13)10(19-20)12(14,15)16/h7H,4-6H2,1-3H3,(H2,17,18,21). The lowest BCUT2D eigenvalue weighted by Crippen LogP contribution is -2.39. The molecular formula is C12H18BrF3N4S. The summed E-state index contributed by atoms with van der Waals surface area (Å²) in [5, 5.41) is 10.2. The van der Waals surface area contributed by atoms with Crippen LogP contribution in [0.15, 0.2) is 4.47 Å². The molecule has 1 aromatic heterocycles. The zero-order valence-corrected chi connectivity index (χ0v) is 14.4. The molecule has 0 saturated carbocycles. The van der Waals surface area contributed by atoms with Gasteiger partial charge in [-0.3, -0.25) is 4.68 Å². The quantitative estimate of drug-likeness (QED) is 0.602. The van der Waals surface area contributed by atoms with Crippen molar-refractivity contribution in [1.82, 2.24) is 20.4 Å². The van der Waals surface area contributed by atoms with Crippen LogP contribution in [-0.2, 0) is 12.7 Å². The van der Waals surface area contributed by atoms with Crippen LogP contribution in [-0.4, -0.2) is 27.5 Å². The summed E-state index contributed by atoms with van der Waals surface area (Å²) in [5.74, 6) is 0. The van der Waals surface area contributed by atoms with E-state index in [0.29, 0.717) is 30.3 Å². The summed E-state index contributed by atoms with van der Waals surface area (Å²) < 4.78 is 39.5. The van der Waals surface area contributed by atoms with Crippen LogP contribution in [0.3, 0.4) is 0 Å². The molecule has 0 fully saturated rings. The molecule has 21 heavy (non-hydrogen) atoms. The van der Waals surface area contributed by atoms with Gasteiger partial charge in [0, 0.05) is 19.1 Å². The Labute approximate surface area is 135 Å². The molecule has 0 bridgehead atoms. The highest BCUT2D eigenvalue weighted by Gasteiger charge is 2.37. The van der Waals surface area contributed by atoms with Crippen LogP contribution in [0.2, 0.25) is 0 Å². The first kappa shape index (κ1) is 18.2. The molecule has 1 heterocycles. The first-order chi connectivity index (χ1) is 9.62. The number of aryl methyl sites for hydroxylation is 1. The van der Waals surface area contributed by atoms with Gasteiger partial charge in [0.25, 0.3) is 0 Å². The van der Waals surface area contributed by atoms with Crippen molar-refractivity contribution in [2.45, 2.75) is 46.0 Å². The van der Waals surface area contributed by atoms with Gasteiger partial charge in [-0.25, -0.2) is 0 Å². The minimum atomic E-state index is -4.45. The third-order valence-corrected chi connectivity index (χ3v) is 3.87. The van der Waals surface area contributed by atoms with E-state index in [4.69, 9.17) is 12.2 Å². The summed E-state index contributed by atoms with van der Waals surface area (Å²) in [6.07, 6.45) is -3.83. The molecule has 0 aliphatic carbocycles. The van der Waals surface area contributed by atoms with Crippen molar-refractivity contribution in [3.63, 3.8) is 0 Å². The fourth-order valence-corrected chi connectivity index (χ4v) is 2.51. The Hall–Kier alpha value is -0.830. The maximum absolute atomic E-state index is 12.7. The predicted molar refractivity (Wildman–Crippen MR) is 83.2 cm³/mol. The number of hydrogen-bond donors (Lipinski definition) is 2. The van der Waals surface area contributed by atoms with E-state index in [-0.39, 0.29) is 10.5 Å². The van der Waals surface area contributed by atoms with Gasteiger partial charge in [-0.15, -0.1) is 0 Å². The van der Waals surface area contributed by atoms with Gasteiger partial charge in [0.05, 0.1) is 10.2 Å². The van der Waals surface area contributed by atoms with Gasteiger partial charge in [0.2, 0.25) is 0 Å². The average molecular weight is 387 g/mol. The van der Waals surface area contributed by atoms with Gasteiger partial charge in [-0.2, -0.15) is 18.3 Å². The van der Waals surface area contributed by atoms with E-state index in [2.05, 4.69) is 31.7 Å². The van der Waals surface area contributed by atoms with E-state index < -0.39 is 11.9 Å². The first-order valence-corrected chi connectivity index (χ1v) is 7.67. The summed E-state index contributed by atoms with van der Waals surface area (Å²) in [4.78, 5) is 0. The molecule has 1 aromatic rings. The van der Waals surface area contributed by atoms with Gasteiger partial charge in [-0.1, -0.05) is 0 Å². The highest BCUT2D eigenvalue weighted by atomic mass is 79.9. The normalized spacial score (nSPS) is 11.8. The van der Waals surface area contributed by atoms with Gasteiger partial charge >= 0.3 is 6.18 Å². The summed E-state index contributed by atoms with van der Waals surface area (Å²) in [5.41, 5.74) is -0.421. The van der Waals surface area contributed by atoms with Crippen molar-refractivity contribution in [2.24, 2.45) is 0 Å². The van der Waals surface area contributed by atoms with Gasteiger partial charge in [0.15, 0.2) is 10.8 Å². The number of aromatic nitrogens is 2. The third-order valence-electron chi connectivity index (χ3n) is 2.65. The molecule has 0 aromatic carbocycles. The highest BCUT2D eigenvalue weighted by molar-refractivity contribution is 9.10. The van der Waals surface area contributed by atoms with E-state index in [1.54, 1.807) is 6.92 Å². The number of thiocarbonyl (C=S) groups is 1. The maximum Gasteiger partial charge on any atom is 0.436 e. The molecule has 4 nitrogen and oxygen atoms in total. The number of nitrogens with zero attached hydrogens (tertiary/aromatic N) is 2. The lowest BCUT2D eigenvalue weighted by atomic mass is 10.3. The number of halogens is 4. The van der Waals surface area contributed by atoms with E-state index in [1.165, 1.54) is 4.68 Å². The van der Waals surface area contributed by atoms with Crippen LogP contribution in [0, 0.1) is 6.92 Å². The van der Waals surface area contributed by atoms with Gasteiger partial charge in [-0.05, 0) is 55.3 Å². The van der Waals surface area contributed by atoms with Crippen LogP contribution in [0.5, 0.6) is 0 Å². The summed E-state index contributed by atoms with van der Waals surface area (Å²) in [6.45, 7) is 6.49. The van der Waals surface area contributed by atoms with Crippen LogP contribution >= 0.6 is 28.1 Å². The molecule has 120 valence electrons. The summed E-state index contributed by atoms with van der Waals surface area (Å²) in [6, 6.07) is 0.239. The van der Waals surface area contributed by atoms with Crippen molar-refractivity contribution in [1.29, 1.82) is 0 Å². The molecule has 0 aliphatic rings. The number of alkyl halides is 3. The van der Waals surface area contributed by atoms with E-state index in [0.717, 1.165) is 0 Å². The minimum absolute atomic E-state index is 0.0000422. The Morgan fingerprint density at radius 3 is 2.52 bits per heavy atom. The van der Waals surface area contributed by atoms with Crippen LogP contribution < -0.4 is 10.6 Å². The molecule has 0 radical (unpaired) electrons. The molecule has 2 N–H and O–H groups in total. The van der Waals surface area contributed by atoms with Crippen LogP contribution in [0.1, 0.15) is 31.7 Å². The zero-order chi connectivity index (χ0) is 16.2. The zero-order valence-electron chi connectivity index (χ0n) is 12.0. The molecule has 0 unspecified atom stereocenters. The Bertz CT molecular complexity index is 499. The van der Waals surface area contributed by atoms with Gasteiger partial charge in [0.1, 0.15) is 0 Å². The van der Waals surface area contributed by atoms with E-state index in [9.17, 15) is 13.2 Å². The largest absolute Gasteiger partial charge is 0.436 e. The van der Waals surface area contributed by atoms with Crippen molar-refractivity contribution in [3.8, 4) is 0 Å². The maximum atomic E-state index is 12.7. The number of nitrogens with one attached hydrogen (secondary N) is 2. The van der Waals surface area contributed by atoms with Crippen molar-refractivity contribution in [2.75, 3.05) is 6.54 Å². The molecule has 0 saturated heterocycles. The van der Waals surface area contributed by atoms with E-state index in [1.807, 2.05) is 13.8 Å². The third kappa shape index (κ3) is 5.46. The monoisotopic (exact) mass is 386 g/mol. The second-order valence-corrected chi connectivity index (χ2v) is 6.08. The molecular weight excluding hydrogens is 369 g/mol. The number of hydrogen-bond acceptors (Lipinski definition) is 2. The highest BCUT2D eigenvalue weighted by Crippen LogP contribution is 2.35. The Morgan fingerprint density at radius 1 is 1.43 bits per heavy atom. The molecule has 0 amide bonds. The minimum Gasteiger partial charge on any atom is -0.363 e. The lowest BCUT2D eigenvalue weighted by molar-refractivity contribution is -0.142. The second-order valence-electron chi connectivity index (χ2n) is 4.88. The van der Waals surface area contributed by atoms with Crippen molar-refractivity contribution < 1.29 is 13.2 Å². The Morgan fingerprint density at radius 2 is 2.05 bits per heavy atom. The SMILES string of the molecule is Cc1c(Br)c(C(F)(F)F)nn1CCCNC(=S)NC(C)C. The Kier molecular flexibility index (Phi) is 6.45. The van der Waals surface area contributed by atoms with Crippen LogP contribution in [0.25, 0.3) is 0 Å². The molecule has 0 spiro atoms. The summed E-state index contributed by atoms with van der Waals surface area (Å²) in [7, 11) is 0. The summed E-state index contributed by atoms with van der Waals surface area (Å²) >= 11 is 8.01. The molecule has 0 aliphatic heterocycles. The topological polar surface area (TPSA) is 41.9 Å². The Balaban J connectivity index is 2.52. The van der Waals surface area contributed by atoms with E-state index >= 15 is 0 Å². The fraction of sp³-hybridized carbons (Fsp3) is 0.667. The number of rotatable bonds is 5.